The molecule has 10 heteroatoms. The van der Waals surface area contributed by atoms with Gasteiger partial charge in [-0.1, -0.05) is 13.3 Å². The first-order valence-corrected chi connectivity index (χ1v) is 10.1. The van der Waals surface area contributed by atoms with Crippen molar-refractivity contribution in [3.63, 3.8) is 0 Å². The lowest BCUT2D eigenvalue weighted by atomic mass is 9.88. The average Bonchev–Trinajstić information content (AvgIpc) is 3.12. The van der Waals surface area contributed by atoms with Crippen LogP contribution in [0.1, 0.15) is 51.3 Å². The number of ether oxygens (including phenoxy) is 1. The maximum Gasteiger partial charge on any atom is 0.453 e. The summed E-state index contributed by atoms with van der Waals surface area (Å²) in [5, 5.41) is 10.8. The van der Waals surface area contributed by atoms with Gasteiger partial charge in [0, 0.05) is 13.1 Å². The molecule has 158 valence electrons. The lowest BCUT2D eigenvalue weighted by Gasteiger charge is -2.33. The molecule has 2 atom stereocenters. The molecular weight excluding hydrogens is 387 g/mol. The van der Waals surface area contributed by atoms with Crippen molar-refractivity contribution in [1.29, 1.82) is 0 Å². The summed E-state index contributed by atoms with van der Waals surface area (Å²) in [4.78, 5) is 14.4. The minimum Gasteiger partial charge on any atom is -0.462 e. The van der Waals surface area contributed by atoms with E-state index in [0.29, 0.717) is 37.7 Å². The van der Waals surface area contributed by atoms with Crippen molar-refractivity contribution < 1.29 is 22.7 Å². The molecule has 1 aliphatic heterocycles. The van der Waals surface area contributed by atoms with Crippen molar-refractivity contribution in [2.24, 2.45) is 11.8 Å². The van der Waals surface area contributed by atoms with Gasteiger partial charge in [-0.3, -0.25) is 4.79 Å². The Balaban J connectivity index is 1.38. The fourth-order valence-corrected chi connectivity index (χ4v) is 4.21. The monoisotopic (exact) mass is 411 g/mol. The first-order valence-electron chi connectivity index (χ1n) is 10.1. The lowest BCUT2D eigenvalue weighted by molar-refractivity contribution is -0.157. The van der Waals surface area contributed by atoms with Gasteiger partial charge in [-0.05, 0) is 50.2 Å². The number of hydrogen-bond acceptors (Lipinski definition) is 6. The van der Waals surface area contributed by atoms with Crippen LogP contribution in [0, 0.1) is 11.8 Å². The van der Waals surface area contributed by atoms with Gasteiger partial charge in [0.1, 0.15) is 11.9 Å². The van der Waals surface area contributed by atoms with Gasteiger partial charge in [-0.25, -0.2) is 0 Å². The second kappa shape index (κ2) is 7.79. The Hall–Kier alpha value is -2.39. The van der Waals surface area contributed by atoms with Crippen LogP contribution in [0.5, 0.6) is 0 Å². The summed E-state index contributed by atoms with van der Waals surface area (Å²) in [6.45, 7) is 3.24. The highest BCUT2D eigenvalue weighted by Crippen LogP contribution is 2.30. The van der Waals surface area contributed by atoms with Gasteiger partial charge in [-0.2, -0.15) is 17.7 Å². The van der Waals surface area contributed by atoms with E-state index >= 15 is 0 Å². The third kappa shape index (κ3) is 4.30. The standard InChI is InChI=1S/C19H24F3N5O2/c1-12-3-2-4-14(11-12)29-17(28)13-7-9-26(10-8-13)16-6-5-15-23-24-18(19(20,21)22)27(15)25-16/h5-6,12-14H,2-4,7-11H2,1H3. The maximum absolute atomic E-state index is 13.1. The van der Waals surface area contributed by atoms with Crippen LogP contribution in [0.2, 0.25) is 0 Å². The number of anilines is 1. The van der Waals surface area contributed by atoms with E-state index in [1.807, 2.05) is 4.90 Å². The minimum absolute atomic E-state index is 0.0166. The summed E-state index contributed by atoms with van der Waals surface area (Å²) in [6.07, 6.45) is 0.709. The zero-order chi connectivity index (χ0) is 20.6. The van der Waals surface area contributed by atoms with Gasteiger partial charge >= 0.3 is 12.1 Å². The highest BCUT2D eigenvalue weighted by Gasteiger charge is 2.38. The molecule has 29 heavy (non-hydrogen) atoms. The van der Waals surface area contributed by atoms with Gasteiger partial charge in [-0.15, -0.1) is 15.3 Å². The number of nitrogens with zero attached hydrogens (tertiary/aromatic N) is 5. The van der Waals surface area contributed by atoms with Crippen LogP contribution >= 0.6 is 0 Å². The Morgan fingerprint density at radius 3 is 2.59 bits per heavy atom. The number of aromatic nitrogens is 4. The molecule has 1 saturated carbocycles. The largest absolute Gasteiger partial charge is 0.462 e. The third-order valence-electron chi connectivity index (χ3n) is 5.83. The van der Waals surface area contributed by atoms with Crippen LogP contribution < -0.4 is 4.90 Å². The summed E-state index contributed by atoms with van der Waals surface area (Å²) in [5.41, 5.74) is 0.0428. The van der Waals surface area contributed by atoms with Crippen LogP contribution in [-0.4, -0.2) is 45.0 Å². The average molecular weight is 411 g/mol. The molecule has 0 aromatic carbocycles. The Kier molecular flexibility index (Phi) is 5.35. The second-order valence-corrected chi connectivity index (χ2v) is 8.07. The van der Waals surface area contributed by atoms with Crippen LogP contribution in [0.25, 0.3) is 5.65 Å². The molecule has 4 rings (SSSR count). The molecule has 0 radical (unpaired) electrons. The second-order valence-electron chi connectivity index (χ2n) is 8.07. The van der Waals surface area contributed by atoms with Gasteiger partial charge in [0.25, 0.3) is 5.82 Å². The molecule has 2 unspecified atom stereocenters. The summed E-state index contributed by atoms with van der Waals surface area (Å²) < 4.78 is 45.6. The van der Waals surface area contributed by atoms with E-state index in [1.165, 1.54) is 12.5 Å². The molecule has 2 aliphatic rings. The van der Waals surface area contributed by atoms with Crippen LogP contribution in [0.4, 0.5) is 19.0 Å². The molecule has 1 aliphatic carbocycles. The molecule has 0 bridgehead atoms. The topological polar surface area (TPSA) is 72.6 Å². The number of carbonyl (C=O) groups excluding carboxylic acids is 1. The van der Waals surface area contributed by atoms with Crippen molar-refractivity contribution in [1.82, 2.24) is 19.8 Å². The molecule has 3 heterocycles. The van der Waals surface area contributed by atoms with Crippen molar-refractivity contribution in [2.45, 2.75) is 57.7 Å². The van der Waals surface area contributed by atoms with Gasteiger partial charge in [0.2, 0.25) is 0 Å². The molecule has 2 aromatic rings. The number of rotatable bonds is 3. The van der Waals surface area contributed by atoms with Gasteiger partial charge in [0.05, 0.1) is 5.92 Å². The van der Waals surface area contributed by atoms with Crippen molar-refractivity contribution in [3.8, 4) is 0 Å². The quantitative estimate of drug-likeness (QED) is 0.720. The molecule has 2 aromatic heterocycles. The SMILES string of the molecule is CC1CCCC(OC(=O)C2CCN(c3ccc4nnc(C(F)(F)F)n4n3)CC2)C1. The molecule has 1 saturated heterocycles. The Bertz CT molecular complexity index is 876. The lowest BCUT2D eigenvalue weighted by Crippen LogP contribution is -2.39. The summed E-state index contributed by atoms with van der Waals surface area (Å²) in [5.74, 6) is -0.466. The Labute approximate surface area is 166 Å². The molecule has 7 nitrogen and oxygen atoms in total. The molecule has 0 spiro atoms. The van der Waals surface area contributed by atoms with E-state index in [-0.39, 0.29) is 23.6 Å². The number of alkyl halides is 3. The Morgan fingerprint density at radius 2 is 1.90 bits per heavy atom. The predicted octanol–water partition coefficient (Wildman–Crippen LogP) is 3.48. The van der Waals surface area contributed by atoms with Gasteiger partial charge in [0.15, 0.2) is 5.65 Å². The Morgan fingerprint density at radius 1 is 1.14 bits per heavy atom. The summed E-state index contributed by atoms with van der Waals surface area (Å²) in [6, 6.07) is 3.10. The summed E-state index contributed by atoms with van der Waals surface area (Å²) >= 11 is 0. The zero-order valence-electron chi connectivity index (χ0n) is 16.2. The minimum atomic E-state index is -4.63. The van der Waals surface area contributed by atoms with Crippen LogP contribution in [-0.2, 0) is 15.7 Å². The zero-order valence-corrected chi connectivity index (χ0v) is 16.2. The highest BCUT2D eigenvalue weighted by molar-refractivity contribution is 5.73. The highest BCUT2D eigenvalue weighted by atomic mass is 19.4. The molecule has 0 amide bonds. The van der Waals surface area contributed by atoms with Crippen LogP contribution in [0.3, 0.4) is 0 Å². The normalized spacial score (nSPS) is 24.1. The third-order valence-corrected chi connectivity index (χ3v) is 5.83. The van der Waals surface area contributed by atoms with E-state index in [1.54, 1.807) is 6.07 Å². The van der Waals surface area contributed by atoms with E-state index in [4.69, 9.17) is 4.74 Å². The molecular formula is C19H24F3N5O2. The number of fused-ring (bicyclic) bond motifs is 1. The van der Waals surface area contributed by atoms with Crippen molar-refractivity contribution in [3.05, 3.63) is 18.0 Å². The number of piperidine rings is 1. The first kappa shape index (κ1) is 19.9. The number of halogens is 3. The van der Waals surface area contributed by atoms with E-state index in [0.717, 1.165) is 23.8 Å². The van der Waals surface area contributed by atoms with E-state index in [2.05, 4.69) is 22.2 Å². The van der Waals surface area contributed by atoms with Gasteiger partial charge < -0.3 is 9.64 Å². The van der Waals surface area contributed by atoms with Crippen molar-refractivity contribution >= 4 is 17.4 Å². The van der Waals surface area contributed by atoms with Crippen LogP contribution in [0.15, 0.2) is 12.1 Å². The number of esters is 1. The fraction of sp³-hybridized carbons (Fsp3) is 0.684. The van der Waals surface area contributed by atoms with Crippen molar-refractivity contribution in [2.75, 3.05) is 18.0 Å². The molecule has 2 fully saturated rings. The number of hydrogen-bond donors (Lipinski definition) is 0. The predicted molar refractivity (Wildman–Crippen MR) is 98.2 cm³/mol. The maximum atomic E-state index is 13.1. The summed E-state index contributed by atoms with van der Waals surface area (Å²) in [7, 11) is 0. The van der Waals surface area contributed by atoms with E-state index in [9.17, 15) is 18.0 Å². The smallest absolute Gasteiger partial charge is 0.453 e. The number of carbonyl (C=O) groups is 1. The first-order chi connectivity index (χ1) is 13.8. The van der Waals surface area contributed by atoms with E-state index < -0.39 is 12.0 Å². The fourth-order valence-electron chi connectivity index (χ4n) is 4.21. The molecule has 0 N–H and O–H groups in total.